The van der Waals surface area contributed by atoms with Crippen molar-refractivity contribution < 1.29 is 18.0 Å². The van der Waals surface area contributed by atoms with Crippen molar-refractivity contribution in [3.8, 4) is 11.3 Å². The predicted molar refractivity (Wildman–Crippen MR) is 94.5 cm³/mol. The fourth-order valence-electron chi connectivity index (χ4n) is 2.46. The maximum Gasteiger partial charge on any atom is 0.433 e. The molecule has 1 N–H and O–H groups in total. The Morgan fingerprint density at radius 1 is 1.14 bits per heavy atom. The standard InChI is InChI=1S/C17H11F3N6OS/c18-17(19,20)13-3-1-10(7-21-13)16(27)22-8-15-24-23-14-4-2-12(25-26(14)15)11-5-6-28-9-11/h1-7,9H,8H2,(H,22,27). The summed E-state index contributed by atoms with van der Waals surface area (Å²) in [6.45, 7) is 0.00110. The number of carbonyl (C=O) groups is 1. The number of rotatable bonds is 4. The Hall–Kier alpha value is -3.34. The third-order valence-electron chi connectivity index (χ3n) is 3.87. The Morgan fingerprint density at radius 2 is 2.00 bits per heavy atom. The average Bonchev–Trinajstić information content (AvgIpc) is 3.35. The quantitative estimate of drug-likeness (QED) is 0.565. The fourth-order valence-corrected chi connectivity index (χ4v) is 3.11. The molecule has 0 aromatic carbocycles. The first-order chi connectivity index (χ1) is 13.4. The Balaban J connectivity index is 1.51. The molecule has 0 bridgehead atoms. The summed E-state index contributed by atoms with van der Waals surface area (Å²) < 4.78 is 39.2. The highest BCUT2D eigenvalue weighted by molar-refractivity contribution is 7.08. The Kier molecular flexibility index (Phi) is 4.51. The first-order valence-electron chi connectivity index (χ1n) is 7.97. The molecule has 0 aliphatic heterocycles. The largest absolute Gasteiger partial charge is 0.433 e. The molecule has 0 aliphatic rings. The van der Waals surface area contributed by atoms with Crippen LogP contribution in [0.3, 0.4) is 0 Å². The second-order valence-electron chi connectivity index (χ2n) is 5.73. The van der Waals surface area contributed by atoms with E-state index < -0.39 is 17.8 Å². The molecule has 11 heteroatoms. The maximum absolute atomic E-state index is 12.6. The lowest BCUT2D eigenvalue weighted by Crippen LogP contribution is -2.24. The fraction of sp³-hybridized carbons (Fsp3) is 0.118. The summed E-state index contributed by atoms with van der Waals surface area (Å²) in [4.78, 5) is 15.5. The lowest BCUT2D eigenvalue weighted by Gasteiger charge is -2.07. The molecule has 4 heterocycles. The molecule has 1 amide bonds. The lowest BCUT2D eigenvalue weighted by molar-refractivity contribution is -0.141. The lowest BCUT2D eigenvalue weighted by atomic mass is 10.2. The Bertz CT molecular complexity index is 1120. The summed E-state index contributed by atoms with van der Waals surface area (Å²) in [7, 11) is 0. The number of pyridine rings is 1. The van der Waals surface area contributed by atoms with Crippen LogP contribution < -0.4 is 5.32 Å². The number of aromatic nitrogens is 5. The smallest absolute Gasteiger partial charge is 0.345 e. The predicted octanol–water partition coefficient (Wildman–Crippen LogP) is 3.20. The molecular formula is C17H11F3N6OS. The number of hydrogen-bond acceptors (Lipinski definition) is 6. The molecule has 0 saturated carbocycles. The SMILES string of the molecule is O=C(NCc1nnc2ccc(-c3ccsc3)nn12)c1ccc(C(F)(F)F)nc1. The first-order valence-corrected chi connectivity index (χ1v) is 8.91. The van der Waals surface area contributed by atoms with Crippen molar-refractivity contribution >= 4 is 22.9 Å². The van der Waals surface area contributed by atoms with E-state index in [0.29, 0.717) is 11.5 Å². The van der Waals surface area contributed by atoms with Crippen LogP contribution in [0.2, 0.25) is 0 Å². The monoisotopic (exact) mass is 404 g/mol. The van der Waals surface area contributed by atoms with Gasteiger partial charge in [-0.3, -0.25) is 9.78 Å². The second-order valence-corrected chi connectivity index (χ2v) is 6.51. The number of carbonyl (C=O) groups excluding carboxylic acids is 1. The summed E-state index contributed by atoms with van der Waals surface area (Å²) in [6.07, 6.45) is -3.67. The number of nitrogens with one attached hydrogen (secondary N) is 1. The number of thiophene rings is 1. The molecule has 4 aromatic rings. The zero-order chi connectivity index (χ0) is 19.7. The van der Waals surface area contributed by atoms with Gasteiger partial charge in [-0.15, -0.1) is 10.2 Å². The summed E-state index contributed by atoms with van der Waals surface area (Å²) in [5.74, 6) is -0.188. The normalized spacial score (nSPS) is 11.7. The van der Waals surface area contributed by atoms with Gasteiger partial charge in [0.1, 0.15) is 5.69 Å². The zero-order valence-electron chi connectivity index (χ0n) is 14.0. The van der Waals surface area contributed by atoms with E-state index in [1.165, 1.54) is 4.52 Å². The van der Waals surface area contributed by atoms with Crippen molar-refractivity contribution in [2.45, 2.75) is 12.7 Å². The van der Waals surface area contributed by atoms with Crippen molar-refractivity contribution in [2.75, 3.05) is 0 Å². The number of alkyl halides is 3. The highest BCUT2D eigenvalue weighted by Gasteiger charge is 2.32. The zero-order valence-corrected chi connectivity index (χ0v) is 14.8. The minimum atomic E-state index is -4.55. The van der Waals surface area contributed by atoms with Crippen LogP contribution in [0.15, 0.2) is 47.3 Å². The van der Waals surface area contributed by atoms with Crippen LogP contribution in [0.5, 0.6) is 0 Å². The van der Waals surface area contributed by atoms with Crippen molar-refractivity contribution in [3.05, 3.63) is 64.4 Å². The van der Waals surface area contributed by atoms with Gasteiger partial charge >= 0.3 is 6.18 Å². The molecule has 0 atom stereocenters. The summed E-state index contributed by atoms with van der Waals surface area (Å²) in [5, 5.41) is 19.0. The summed E-state index contributed by atoms with van der Waals surface area (Å²) in [5.41, 5.74) is 1.14. The molecule has 0 radical (unpaired) electrons. The minimum absolute atomic E-state index is 0.00110. The highest BCUT2D eigenvalue weighted by atomic mass is 32.1. The van der Waals surface area contributed by atoms with Crippen LogP contribution >= 0.6 is 11.3 Å². The van der Waals surface area contributed by atoms with Crippen LogP contribution in [0.25, 0.3) is 16.9 Å². The van der Waals surface area contributed by atoms with Gasteiger partial charge in [-0.25, -0.2) is 0 Å². The molecular weight excluding hydrogens is 393 g/mol. The summed E-state index contributed by atoms with van der Waals surface area (Å²) >= 11 is 1.55. The summed E-state index contributed by atoms with van der Waals surface area (Å²) in [6, 6.07) is 7.35. The number of hydrogen-bond donors (Lipinski definition) is 1. The molecule has 0 unspecified atom stereocenters. The van der Waals surface area contributed by atoms with Gasteiger partial charge in [-0.1, -0.05) is 0 Å². The van der Waals surface area contributed by atoms with Gasteiger partial charge in [-0.05, 0) is 35.7 Å². The molecule has 28 heavy (non-hydrogen) atoms. The van der Waals surface area contributed by atoms with Crippen molar-refractivity contribution in [3.63, 3.8) is 0 Å². The van der Waals surface area contributed by atoms with Crippen LogP contribution in [0, 0.1) is 0 Å². The van der Waals surface area contributed by atoms with E-state index in [-0.39, 0.29) is 12.1 Å². The number of fused-ring (bicyclic) bond motifs is 1. The third kappa shape index (κ3) is 3.56. The second kappa shape index (κ2) is 7.00. The molecule has 142 valence electrons. The van der Waals surface area contributed by atoms with E-state index >= 15 is 0 Å². The van der Waals surface area contributed by atoms with Crippen molar-refractivity contribution in [2.24, 2.45) is 0 Å². The van der Waals surface area contributed by atoms with E-state index in [2.05, 4.69) is 25.6 Å². The van der Waals surface area contributed by atoms with Gasteiger partial charge < -0.3 is 5.32 Å². The van der Waals surface area contributed by atoms with Gasteiger partial charge in [0.15, 0.2) is 11.5 Å². The van der Waals surface area contributed by atoms with Gasteiger partial charge in [0.25, 0.3) is 5.91 Å². The van der Waals surface area contributed by atoms with E-state index in [4.69, 9.17) is 0 Å². The van der Waals surface area contributed by atoms with Crippen LogP contribution in [-0.2, 0) is 12.7 Å². The molecule has 4 aromatic heterocycles. The van der Waals surface area contributed by atoms with Crippen LogP contribution in [0.4, 0.5) is 13.2 Å². The number of amides is 1. The van der Waals surface area contributed by atoms with Crippen molar-refractivity contribution in [1.82, 2.24) is 30.1 Å². The maximum atomic E-state index is 12.6. The molecule has 0 aliphatic carbocycles. The Labute approximate surface area is 159 Å². The van der Waals surface area contributed by atoms with Crippen molar-refractivity contribution in [1.29, 1.82) is 0 Å². The molecule has 0 spiro atoms. The molecule has 4 rings (SSSR count). The third-order valence-corrected chi connectivity index (χ3v) is 4.55. The van der Waals surface area contributed by atoms with Gasteiger partial charge in [0.2, 0.25) is 0 Å². The van der Waals surface area contributed by atoms with Gasteiger partial charge in [-0.2, -0.15) is 34.1 Å². The number of nitrogens with zero attached hydrogens (tertiary/aromatic N) is 5. The Morgan fingerprint density at radius 3 is 2.68 bits per heavy atom. The topological polar surface area (TPSA) is 85.1 Å². The highest BCUT2D eigenvalue weighted by Crippen LogP contribution is 2.27. The molecule has 0 saturated heterocycles. The molecule has 0 fully saturated rings. The minimum Gasteiger partial charge on any atom is -0.345 e. The van der Waals surface area contributed by atoms with E-state index in [9.17, 15) is 18.0 Å². The first kappa shape index (κ1) is 18.0. The van der Waals surface area contributed by atoms with Gasteiger partial charge in [0, 0.05) is 17.1 Å². The molecule has 7 nitrogen and oxygen atoms in total. The van der Waals surface area contributed by atoms with E-state index in [1.54, 1.807) is 17.4 Å². The van der Waals surface area contributed by atoms with Crippen LogP contribution in [0.1, 0.15) is 21.9 Å². The average molecular weight is 404 g/mol. The number of halogens is 3. The van der Waals surface area contributed by atoms with E-state index in [0.717, 1.165) is 29.6 Å². The van der Waals surface area contributed by atoms with Crippen LogP contribution in [-0.4, -0.2) is 30.7 Å². The van der Waals surface area contributed by atoms with E-state index in [1.807, 2.05) is 22.9 Å². The van der Waals surface area contributed by atoms with Gasteiger partial charge in [0.05, 0.1) is 17.8 Å².